The predicted molar refractivity (Wildman–Crippen MR) is 84.0 cm³/mol. The molecule has 0 bridgehead atoms. The van der Waals surface area contributed by atoms with Gasteiger partial charge in [0.1, 0.15) is 5.76 Å². The summed E-state index contributed by atoms with van der Waals surface area (Å²) in [5.41, 5.74) is 2.28. The number of nitrogens with one attached hydrogen (secondary N) is 1. The molecule has 6 heteroatoms. The van der Waals surface area contributed by atoms with Crippen molar-refractivity contribution in [3.8, 4) is 0 Å². The molecule has 1 N–H and O–H groups in total. The van der Waals surface area contributed by atoms with E-state index in [2.05, 4.69) is 37.2 Å². The van der Waals surface area contributed by atoms with Crippen LogP contribution in [0.3, 0.4) is 0 Å². The second kappa shape index (κ2) is 6.45. The lowest BCUT2D eigenvalue weighted by Crippen LogP contribution is -2.07. The van der Waals surface area contributed by atoms with Crippen LogP contribution in [0.5, 0.6) is 0 Å². The van der Waals surface area contributed by atoms with Gasteiger partial charge in [0.25, 0.3) is 0 Å². The Morgan fingerprint density at radius 3 is 2.75 bits per heavy atom. The summed E-state index contributed by atoms with van der Waals surface area (Å²) in [4.78, 5) is 11.6. The number of furan rings is 1. The first kappa shape index (κ1) is 15.1. The van der Waals surface area contributed by atoms with Crippen molar-refractivity contribution in [2.45, 2.75) is 13.5 Å². The molecule has 0 atom stereocenters. The molecule has 1 aromatic heterocycles. The van der Waals surface area contributed by atoms with Gasteiger partial charge in [-0.15, -0.1) is 0 Å². The zero-order chi connectivity index (χ0) is 14.7. The number of hydrogen-bond acceptors (Lipinski definition) is 4. The Labute approximate surface area is 133 Å². The van der Waals surface area contributed by atoms with Gasteiger partial charge in [0.15, 0.2) is 4.67 Å². The third-order valence-corrected chi connectivity index (χ3v) is 4.60. The number of hydrogen-bond donors (Lipinski definition) is 1. The van der Waals surface area contributed by atoms with E-state index in [4.69, 9.17) is 9.15 Å². The van der Waals surface area contributed by atoms with Crippen LogP contribution < -0.4 is 5.32 Å². The summed E-state index contributed by atoms with van der Waals surface area (Å²) in [6, 6.07) is 7.35. The largest absolute Gasteiger partial charge is 0.465 e. The Morgan fingerprint density at radius 1 is 1.40 bits per heavy atom. The minimum atomic E-state index is -0.338. The standard InChI is InChI=1S/C14H13Br2NO3/c1-8-10(14(18)19-2)4-3-5-12(8)17-7-9-6-11(15)13(16)20-9/h3-6,17H,7H2,1-2H3. The molecule has 0 unspecified atom stereocenters. The molecule has 0 spiro atoms. The van der Waals surface area contributed by atoms with Crippen LogP contribution in [0.25, 0.3) is 0 Å². The minimum Gasteiger partial charge on any atom is -0.465 e. The molecule has 0 aliphatic heterocycles. The number of carbonyl (C=O) groups is 1. The molecule has 0 aliphatic rings. The second-order valence-electron chi connectivity index (χ2n) is 4.16. The number of ether oxygens (including phenoxy) is 1. The van der Waals surface area contributed by atoms with Crippen molar-refractivity contribution in [1.29, 1.82) is 0 Å². The fraction of sp³-hybridized carbons (Fsp3) is 0.214. The van der Waals surface area contributed by atoms with Crippen molar-refractivity contribution in [3.63, 3.8) is 0 Å². The van der Waals surface area contributed by atoms with Crippen LogP contribution in [0, 0.1) is 6.92 Å². The highest BCUT2D eigenvalue weighted by molar-refractivity contribution is 9.13. The molecule has 0 fully saturated rings. The van der Waals surface area contributed by atoms with Crippen LogP contribution in [0.2, 0.25) is 0 Å². The number of benzene rings is 1. The fourth-order valence-electron chi connectivity index (χ4n) is 1.82. The molecular weight excluding hydrogens is 390 g/mol. The Kier molecular flexibility index (Phi) is 4.88. The first-order valence-electron chi connectivity index (χ1n) is 5.88. The highest BCUT2D eigenvalue weighted by atomic mass is 79.9. The smallest absolute Gasteiger partial charge is 0.338 e. The highest BCUT2D eigenvalue weighted by Gasteiger charge is 2.12. The molecule has 106 valence electrons. The van der Waals surface area contributed by atoms with E-state index in [-0.39, 0.29) is 5.97 Å². The third kappa shape index (κ3) is 3.24. The van der Waals surface area contributed by atoms with Crippen molar-refractivity contribution < 1.29 is 13.9 Å². The average Bonchev–Trinajstić information content (AvgIpc) is 2.76. The van der Waals surface area contributed by atoms with Crippen molar-refractivity contribution in [1.82, 2.24) is 0 Å². The Bertz CT molecular complexity index is 618. The topological polar surface area (TPSA) is 51.5 Å². The molecule has 4 nitrogen and oxygen atoms in total. The third-order valence-electron chi connectivity index (χ3n) is 2.89. The van der Waals surface area contributed by atoms with Crippen LogP contribution in [0.1, 0.15) is 21.7 Å². The number of halogens is 2. The summed E-state index contributed by atoms with van der Waals surface area (Å²) in [6.07, 6.45) is 0. The molecule has 0 radical (unpaired) electrons. The van der Waals surface area contributed by atoms with Crippen LogP contribution in [-0.4, -0.2) is 13.1 Å². The van der Waals surface area contributed by atoms with E-state index < -0.39 is 0 Å². The van der Waals surface area contributed by atoms with E-state index in [1.165, 1.54) is 7.11 Å². The summed E-state index contributed by atoms with van der Waals surface area (Å²) >= 11 is 6.66. The first-order valence-corrected chi connectivity index (χ1v) is 7.47. The fourth-order valence-corrected chi connectivity index (χ4v) is 2.48. The van der Waals surface area contributed by atoms with Gasteiger partial charge in [-0.2, -0.15) is 0 Å². The molecule has 2 rings (SSSR count). The van der Waals surface area contributed by atoms with E-state index >= 15 is 0 Å². The SMILES string of the molecule is COC(=O)c1cccc(NCc2cc(Br)c(Br)o2)c1C. The van der Waals surface area contributed by atoms with Crippen molar-refractivity contribution in [2.75, 3.05) is 12.4 Å². The van der Waals surface area contributed by atoms with Gasteiger partial charge in [0, 0.05) is 5.69 Å². The van der Waals surface area contributed by atoms with E-state index in [0.717, 1.165) is 21.5 Å². The van der Waals surface area contributed by atoms with E-state index in [1.54, 1.807) is 6.07 Å². The normalized spacial score (nSPS) is 10.4. The lowest BCUT2D eigenvalue weighted by molar-refractivity contribution is 0.0600. The number of anilines is 1. The molecule has 1 heterocycles. The minimum absolute atomic E-state index is 0.338. The van der Waals surface area contributed by atoms with Gasteiger partial charge in [0.05, 0.1) is 23.7 Å². The van der Waals surface area contributed by atoms with Crippen LogP contribution in [-0.2, 0) is 11.3 Å². The van der Waals surface area contributed by atoms with Crippen LogP contribution in [0.4, 0.5) is 5.69 Å². The number of esters is 1. The first-order chi connectivity index (χ1) is 9.52. The molecule has 0 amide bonds. The molecule has 2 aromatic rings. The van der Waals surface area contributed by atoms with Crippen molar-refractivity contribution in [2.24, 2.45) is 0 Å². The lowest BCUT2D eigenvalue weighted by atomic mass is 10.1. The zero-order valence-corrected chi connectivity index (χ0v) is 14.2. The number of carbonyl (C=O) groups excluding carboxylic acids is 1. The van der Waals surface area contributed by atoms with Crippen molar-refractivity contribution >= 4 is 43.5 Å². The van der Waals surface area contributed by atoms with Crippen LogP contribution in [0.15, 0.2) is 37.8 Å². The molecular formula is C14H13Br2NO3. The summed E-state index contributed by atoms with van der Waals surface area (Å²) < 4.78 is 11.8. The van der Waals surface area contributed by atoms with E-state index in [0.29, 0.717) is 16.8 Å². The van der Waals surface area contributed by atoms with Gasteiger partial charge in [0.2, 0.25) is 0 Å². The molecule has 20 heavy (non-hydrogen) atoms. The van der Waals surface area contributed by atoms with Gasteiger partial charge >= 0.3 is 5.97 Å². The average molecular weight is 403 g/mol. The maximum Gasteiger partial charge on any atom is 0.338 e. The van der Waals surface area contributed by atoms with Crippen molar-refractivity contribution in [3.05, 3.63) is 50.3 Å². The number of methoxy groups -OCH3 is 1. The second-order valence-corrected chi connectivity index (χ2v) is 5.73. The van der Waals surface area contributed by atoms with E-state index in [9.17, 15) is 4.79 Å². The van der Waals surface area contributed by atoms with Gasteiger partial charge in [-0.3, -0.25) is 0 Å². The molecule has 0 aliphatic carbocycles. The Morgan fingerprint density at radius 2 is 2.15 bits per heavy atom. The van der Waals surface area contributed by atoms with E-state index in [1.807, 2.05) is 25.1 Å². The quantitative estimate of drug-likeness (QED) is 0.764. The van der Waals surface area contributed by atoms with Gasteiger partial charge in [-0.05, 0) is 62.5 Å². The summed E-state index contributed by atoms with van der Waals surface area (Å²) in [5.74, 6) is 0.446. The summed E-state index contributed by atoms with van der Waals surface area (Å²) in [6.45, 7) is 2.40. The molecule has 0 saturated carbocycles. The van der Waals surface area contributed by atoms with Gasteiger partial charge in [-0.1, -0.05) is 6.07 Å². The summed E-state index contributed by atoms with van der Waals surface area (Å²) in [5, 5.41) is 3.25. The maximum atomic E-state index is 11.6. The Hall–Kier alpha value is -1.27. The summed E-state index contributed by atoms with van der Waals surface area (Å²) in [7, 11) is 1.37. The monoisotopic (exact) mass is 401 g/mol. The molecule has 0 saturated heterocycles. The predicted octanol–water partition coefficient (Wildman–Crippen LogP) is 4.51. The highest BCUT2D eigenvalue weighted by Crippen LogP contribution is 2.27. The maximum absolute atomic E-state index is 11.6. The van der Waals surface area contributed by atoms with Gasteiger partial charge < -0.3 is 14.5 Å². The Balaban J connectivity index is 2.15. The van der Waals surface area contributed by atoms with Crippen LogP contribution >= 0.6 is 31.9 Å². The van der Waals surface area contributed by atoms with Gasteiger partial charge in [-0.25, -0.2) is 4.79 Å². The molecule has 1 aromatic carbocycles. The zero-order valence-electron chi connectivity index (χ0n) is 11.0. The number of rotatable bonds is 4. The lowest BCUT2D eigenvalue weighted by Gasteiger charge is -2.11.